The molecule has 0 aliphatic carbocycles. The van der Waals surface area contributed by atoms with Crippen molar-refractivity contribution < 1.29 is 15.0 Å². The van der Waals surface area contributed by atoms with Crippen molar-refractivity contribution in [3.63, 3.8) is 0 Å². The Morgan fingerprint density at radius 1 is 0.654 bits per heavy atom. The molecule has 0 saturated heterocycles. The third kappa shape index (κ3) is 2.70. The first kappa shape index (κ1) is 15.9. The van der Waals surface area contributed by atoms with Crippen LogP contribution in [0.2, 0.25) is 0 Å². The molecule has 26 heavy (non-hydrogen) atoms. The van der Waals surface area contributed by atoms with Gasteiger partial charge in [-0.1, -0.05) is 78.9 Å². The number of phenolic OH excluding ortho intramolecular Hbond substituents is 1. The van der Waals surface area contributed by atoms with Crippen LogP contribution in [0, 0.1) is 0 Å². The van der Waals surface area contributed by atoms with Gasteiger partial charge in [-0.2, -0.15) is 0 Å². The van der Waals surface area contributed by atoms with Gasteiger partial charge in [-0.15, -0.1) is 0 Å². The van der Waals surface area contributed by atoms with Gasteiger partial charge in [-0.05, 0) is 28.1 Å². The molecule has 0 atom stereocenters. The standard InChI is InChI=1S/C23H16O3/c24-21-14-20(23(25)26)22(19-9-5-4-8-18(19)21)17-12-10-16(11-13-17)15-6-2-1-3-7-15/h1-14,24H,(H,25,26). The molecule has 0 amide bonds. The predicted octanol–water partition coefficient (Wildman–Crippen LogP) is 5.58. The molecule has 0 saturated carbocycles. The van der Waals surface area contributed by atoms with Gasteiger partial charge in [0, 0.05) is 10.9 Å². The van der Waals surface area contributed by atoms with Crippen molar-refractivity contribution in [2.24, 2.45) is 0 Å². The molecule has 0 heterocycles. The second-order valence-corrected chi connectivity index (χ2v) is 6.11. The highest BCUT2D eigenvalue weighted by Crippen LogP contribution is 2.38. The number of carbonyl (C=O) groups is 1. The summed E-state index contributed by atoms with van der Waals surface area (Å²) in [5, 5.41) is 21.2. The molecule has 0 aromatic heterocycles. The Morgan fingerprint density at radius 3 is 1.85 bits per heavy atom. The topological polar surface area (TPSA) is 57.5 Å². The second-order valence-electron chi connectivity index (χ2n) is 6.11. The van der Waals surface area contributed by atoms with E-state index in [1.54, 1.807) is 6.07 Å². The van der Waals surface area contributed by atoms with Gasteiger partial charge in [-0.25, -0.2) is 4.79 Å². The van der Waals surface area contributed by atoms with Crippen molar-refractivity contribution in [1.29, 1.82) is 0 Å². The highest BCUT2D eigenvalue weighted by molar-refractivity contribution is 6.09. The number of hydrogen-bond acceptors (Lipinski definition) is 2. The zero-order chi connectivity index (χ0) is 18.1. The number of hydrogen-bond donors (Lipinski definition) is 2. The quantitative estimate of drug-likeness (QED) is 0.512. The van der Waals surface area contributed by atoms with Crippen LogP contribution in [0.15, 0.2) is 84.9 Å². The Kier molecular flexibility index (Phi) is 3.90. The smallest absolute Gasteiger partial charge is 0.336 e. The lowest BCUT2D eigenvalue weighted by atomic mass is 9.91. The van der Waals surface area contributed by atoms with Crippen molar-refractivity contribution in [1.82, 2.24) is 0 Å². The minimum absolute atomic E-state index is 0.0253. The number of carboxylic acid groups (broad SMARTS) is 1. The van der Waals surface area contributed by atoms with E-state index in [9.17, 15) is 15.0 Å². The number of phenols is 1. The normalized spacial score (nSPS) is 10.8. The maximum atomic E-state index is 11.8. The highest BCUT2D eigenvalue weighted by atomic mass is 16.4. The number of rotatable bonds is 3. The van der Waals surface area contributed by atoms with Crippen LogP contribution in [0.4, 0.5) is 0 Å². The third-order valence-electron chi connectivity index (χ3n) is 4.53. The Balaban J connectivity index is 1.92. The Morgan fingerprint density at radius 2 is 1.19 bits per heavy atom. The van der Waals surface area contributed by atoms with Crippen LogP contribution in [0.1, 0.15) is 10.4 Å². The third-order valence-corrected chi connectivity index (χ3v) is 4.53. The summed E-state index contributed by atoms with van der Waals surface area (Å²) in [5.74, 6) is -1.09. The molecule has 4 rings (SSSR count). The average molecular weight is 340 g/mol. The number of carboxylic acids is 1. The molecule has 0 unspecified atom stereocenters. The maximum absolute atomic E-state index is 11.8. The van der Waals surface area contributed by atoms with Crippen molar-refractivity contribution in [2.75, 3.05) is 0 Å². The van der Waals surface area contributed by atoms with Crippen LogP contribution < -0.4 is 0 Å². The van der Waals surface area contributed by atoms with Gasteiger partial charge < -0.3 is 10.2 Å². The molecule has 4 aromatic carbocycles. The number of aromatic carboxylic acids is 1. The fourth-order valence-electron chi connectivity index (χ4n) is 3.30. The number of benzene rings is 4. The summed E-state index contributed by atoms with van der Waals surface area (Å²) >= 11 is 0. The van der Waals surface area contributed by atoms with Gasteiger partial charge in [-0.3, -0.25) is 0 Å². The average Bonchev–Trinajstić information content (AvgIpc) is 2.69. The van der Waals surface area contributed by atoms with Gasteiger partial charge in [0.1, 0.15) is 5.75 Å². The fourth-order valence-corrected chi connectivity index (χ4v) is 3.30. The summed E-state index contributed by atoms with van der Waals surface area (Å²) in [6, 6.07) is 26.4. The zero-order valence-electron chi connectivity index (χ0n) is 13.9. The molecule has 4 aromatic rings. The molecule has 0 spiro atoms. The first-order valence-corrected chi connectivity index (χ1v) is 8.29. The Hall–Kier alpha value is -3.59. The molecule has 0 bridgehead atoms. The van der Waals surface area contributed by atoms with Gasteiger partial charge >= 0.3 is 5.97 Å². The Bertz CT molecular complexity index is 1100. The van der Waals surface area contributed by atoms with E-state index in [0.29, 0.717) is 10.9 Å². The van der Waals surface area contributed by atoms with Crippen LogP contribution >= 0.6 is 0 Å². The molecule has 0 fully saturated rings. The van der Waals surface area contributed by atoms with Crippen molar-refractivity contribution in [3.05, 3.63) is 90.5 Å². The van der Waals surface area contributed by atoms with Gasteiger partial charge in [0.05, 0.1) is 5.56 Å². The molecule has 0 aliphatic heterocycles. The SMILES string of the molecule is O=C(O)c1cc(O)c2ccccc2c1-c1ccc(-c2ccccc2)cc1. The molecular weight excluding hydrogens is 324 g/mol. The summed E-state index contributed by atoms with van der Waals surface area (Å²) in [7, 11) is 0. The monoisotopic (exact) mass is 340 g/mol. The number of fused-ring (bicyclic) bond motifs is 1. The lowest BCUT2D eigenvalue weighted by molar-refractivity contribution is 0.0697. The van der Waals surface area contributed by atoms with Crippen molar-refractivity contribution >= 4 is 16.7 Å². The minimum Gasteiger partial charge on any atom is -0.507 e. The van der Waals surface area contributed by atoms with E-state index in [-0.39, 0.29) is 11.3 Å². The molecular formula is C23H16O3. The molecule has 3 heteroatoms. The molecule has 2 N–H and O–H groups in total. The lowest BCUT2D eigenvalue weighted by Crippen LogP contribution is -2.00. The minimum atomic E-state index is -1.06. The summed E-state index contributed by atoms with van der Waals surface area (Å²) in [5.41, 5.74) is 3.68. The predicted molar refractivity (Wildman–Crippen MR) is 103 cm³/mol. The van der Waals surface area contributed by atoms with Crippen LogP contribution in [0.5, 0.6) is 5.75 Å². The molecule has 0 radical (unpaired) electrons. The maximum Gasteiger partial charge on any atom is 0.336 e. The van der Waals surface area contributed by atoms with Crippen LogP contribution in [-0.2, 0) is 0 Å². The fraction of sp³-hybridized carbons (Fsp3) is 0. The zero-order valence-corrected chi connectivity index (χ0v) is 13.9. The van der Waals surface area contributed by atoms with Gasteiger partial charge in [0.15, 0.2) is 0 Å². The molecule has 3 nitrogen and oxygen atoms in total. The van der Waals surface area contributed by atoms with E-state index in [1.807, 2.05) is 72.8 Å². The summed E-state index contributed by atoms with van der Waals surface area (Å²) < 4.78 is 0. The van der Waals surface area contributed by atoms with Gasteiger partial charge in [0.2, 0.25) is 0 Å². The second kappa shape index (κ2) is 6.37. The van der Waals surface area contributed by atoms with Crippen molar-refractivity contribution in [3.8, 4) is 28.0 Å². The van der Waals surface area contributed by atoms with E-state index in [0.717, 1.165) is 22.1 Å². The van der Waals surface area contributed by atoms with E-state index in [2.05, 4.69) is 0 Å². The number of aromatic hydroxyl groups is 1. The summed E-state index contributed by atoms with van der Waals surface area (Å²) in [6.07, 6.45) is 0. The van der Waals surface area contributed by atoms with E-state index < -0.39 is 5.97 Å². The van der Waals surface area contributed by atoms with E-state index >= 15 is 0 Å². The summed E-state index contributed by atoms with van der Waals surface area (Å²) in [6.45, 7) is 0. The first-order valence-electron chi connectivity index (χ1n) is 8.29. The lowest BCUT2D eigenvalue weighted by Gasteiger charge is -2.13. The Labute approximate surface area is 150 Å². The van der Waals surface area contributed by atoms with Crippen molar-refractivity contribution in [2.45, 2.75) is 0 Å². The highest BCUT2D eigenvalue weighted by Gasteiger charge is 2.18. The van der Waals surface area contributed by atoms with Crippen LogP contribution in [0.25, 0.3) is 33.0 Å². The van der Waals surface area contributed by atoms with Crippen LogP contribution in [-0.4, -0.2) is 16.2 Å². The van der Waals surface area contributed by atoms with Gasteiger partial charge in [0.25, 0.3) is 0 Å². The summed E-state index contributed by atoms with van der Waals surface area (Å²) in [4.78, 5) is 11.8. The van der Waals surface area contributed by atoms with Crippen LogP contribution in [0.3, 0.4) is 0 Å². The first-order chi connectivity index (χ1) is 12.6. The molecule has 0 aliphatic rings. The largest absolute Gasteiger partial charge is 0.507 e. The van der Waals surface area contributed by atoms with E-state index in [4.69, 9.17) is 0 Å². The molecule has 126 valence electrons. The van der Waals surface area contributed by atoms with E-state index in [1.165, 1.54) is 6.07 Å².